The van der Waals surface area contributed by atoms with Crippen molar-refractivity contribution < 1.29 is 0 Å². The number of benzene rings is 1. The summed E-state index contributed by atoms with van der Waals surface area (Å²) in [6.07, 6.45) is 2.32. The molecule has 1 nitrogen and oxygen atoms in total. The minimum Gasteiger partial charge on any atom is -0.330 e. The highest BCUT2D eigenvalue weighted by Crippen LogP contribution is 2.35. The van der Waals surface area contributed by atoms with E-state index in [0.29, 0.717) is 12.5 Å². The summed E-state index contributed by atoms with van der Waals surface area (Å²) < 4.78 is 0. The van der Waals surface area contributed by atoms with Crippen molar-refractivity contribution in [2.24, 2.45) is 5.73 Å². The van der Waals surface area contributed by atoms with Gasteiger partial charge in [0, 0.05) is 17.3 Å². The van der Waals surface area contributed by atoms with E-state index in [4.69, 9.17) is 5.73 Å². The molecule has 1 aromatic carbocycles. The Morgan fingerprint density at radius 3 is 2.88 bits per heavy atom. The molecule has 1 aromatic heterocycles. The Bertz CT molecular complexity index is 501. The standard InChI is InChI=1S/C14H15NS/c15-9-13-11-4-2-1-3-10(11)5-6-14-12(13)7-8-16-14/h1-4,7-8,13H,5-6,9,15H2. The van der Waals surface area contributed by atoms with Crippen LogP contribution in [0, 0.1) is 0 Å². The highest BCUT2D eigenvalue weighted by Gasteiger charge is 2.22. The second kappa shape index (κ2) is 4.04. The number of hydrogen-bond acceptors (Lipinski definition) is 2. The van der Waals surface area contributed by atoms with Gasteiger partial charge in [0.25, 0.3) is 0 Å². The molecule has 2 N–H and O–H groups in total. The molecule has 0 spiro atoms. The molecule has 1 heterocycles. The Morgan fingerprint density at radius 1 is 1.12 bits per heavy atom. The summed E-state index contributed by atoms with van der Waals surface area (Å²) in [5.74, 6) is 0.403. The Labute approximate surface area is 99.9 Å². The van der Waals surface area contributed by atoms with Gasteiger partial charge in [0.15, 0.2) is 0 Å². The van der Waals surface area contributed by atoms with Gasteiger partial charge in [0.2, 0.25) is 0 Å². The molecule has 1 aliphatic rings. The highest BCUT2D eigenvalue weighted by molar-refractivity contribution is 7.10. The predicted octanol–water partition coefficient (Wildman–Crippen LogP) is 2.94. The van der Waals surface area contributed by atoms with E-state index in [1.165, 1.54) is 28.0 Å². The van der Waals surface area contributed by atoms with Crippen molar-refractivity contribution in [1.29, 1.82) is 0 Å². The van der Waals surface area contributed by atoms with E-state index in [1.54, 1.807) is 0 Å². The Kier molecular flexibility index (Phi) is 2.54. The molecule has 0 bridgehead atoms. The van der Waals surface area contributed by atoms with Crippen molar-refractivity contribution in [2.45, 2.75) is 18.8 Å². The first kappa shape index (κ1) is 10.1. The number of rotatable bonds is 1. The normalized spacial score (nSPS) is 18.7. The lowest BCUT2D eigenvalue weighted by atomic mass is 9.90. The van der Waals surface area contributed by atoms with Gasteiger partial charge in [0.1, 0.15) is 0 Å². The van der Waals surface area contributed by atoms with Crippen LogP contribution in [0.2, 0.25) is 0 Å². The molecule has 2 aromatic rings. The van der Waals surface area contributed by atoms with E-state index < -0.39 is 0 Å². The van der Waals surface area contributed by atoms with Gasteiger partial charge in [0.05, 0.1) is 0 Å². The zero-order valence-electron chi connectivity index (χ0n) is 9.15. The third kappa shape index (κ3) is 1.49. The zero-order chi connectivity index (χ0) is 11.0. The largest absolute Gasteiger partial charge is 0.330 e. The van der Waals surface area contributed by atoms with E-state index in [9.17, 15) is 0 Å². The number of nitrogens with two attached hydrogens (primary N) is 1. The van der Waals surface area contributed by atoms with Gasteiger partial charge < -0.3 is 5.73 Å². The minimum atomic E-state index is 0.403. The summed E-state index contributed by atoms with van der Waals surface area (Å²) in [4.78, 5) is 1.52. The molecule has 0 radical (unpaired) electrons. The fraction of sp³-hybridized carbons (Fsp3) is 0.286. The Hall–Kier alpha value is -1.12. The van der Waals surface area contributed by atoms with Crippen LogP contribution in [0.15, 0.2) is 35.7 Å². The van der Waals surface area contributed by atoms with Crippen LogP contribution in [0.1, 0.15) is 27.5 Å². The molecule has 0 amide bonds. The van der Waals surface area contributed by atoms with Crippen LogP contribution in [0.5, 0.6) is 0 Å². The monoisotopic (exact) mass is 229 g/mol. The van der Waals surface area contributed by atoms with Crippen molar-refractivity contribution in [3.8, 4) is 0 Å². The summed E-state index contributed by atoms with van der Waals surface area (Å²) >= 11 is 1.87. The molecule has 1 aliphatic carbocycles. The predicted molar refractivity (Wildman–Crippen MR) is 69.1 cm³/mol. The van der Waals surface area contributed by atoms with E-state index in [1.807, 2.05) is 11.3 Å². The third-order valence-electron chi connectivity index (χ3n) is 3.44. The minimum absolute atomic E-state index is 0.403. The molecule has 2 heteroatoms. The summed E-state index contributed by atoms with van der Waals surface area (Å²) in [6.45, 7) is 0.709. The van der Waals surface area contributed by atoms with Gasteiger partial charge in [-0.25, -0.2) is 0 Å². The molecule has 3 rings (SSSR count). The molecule has 16 heavy (non-hydrogen) atoms. The Balaban J connectivity index is 2.17. The molecule has 0 saturated carbocycles. The highest BCUT2D eigenvalue weighted by atomic mass is 32.1. The molecular formula is C14H15NS. The van der Waals surface area contributed by atoms with Crippen LogP contribution in [0.3, 0.4) is 0 Å². The molecular weight excluding hydrogens is 214 g/mol. The molecule has 1 unspecified atom stereocenters. The van der Waals surface area contributed by atoms with Crippen LogP contribution in [-0.4, -0.2) is 6.54 Å². The lowest BCUT2D eigenvalue weighted by Gasteiger charge is -2.16. The van der Waals surface area contributed by atoms with Gasteiger partial charge in [-0.05, 0) is 41.0 Å². The summed E-state index contributed by atoms with van der Waals surface area (Å²) in [6, 6.07) is 11.0. The maximum Gasteiger partial charge on any atom is 0.0226 e. The fourth-order valence-corrected chi connectivity index (χ4v) is 3.58. The summed E-state index contributed by atoms with van der Waals surface area (Å²) in [5, 5.41) is 2.20. The second-order valence-electron chi connectivity index (χ2n) is 4.29. The molecule has 0 aliphatic heterocycles. The van der Waals surface area contributed by atoms with E-state index in [-0.39, 0.29) is 0 Å². The van der Waals surface area contributed by atoms with Crippen LogP contribution in [0.4, 0.5) is 0 Å². The first-order valence-electron chi connectivity index (χ1n) is 5.74. The number of aryl methyl sites for hydroxylation is 2. The average molecular weight is 229 g/mol. The van der Waals surface area contributed by atoms with Crippen molar-refractivity contribution in [3.63, 3.8) is 0 Å². The first-order valence-corrected chi connectivity index (χ1v) is 6.62. The van der Waals surface area contributed by atoms with E-state index in [2.05, 4.69) is 35.7 Å². The first-order chi connectivity index (χ1) is 7.90. The molecule has 1 atom stereocenters. The molecule has 0 saturated heterocycles. The van der Waals surface area contributed by atoms with Crippen LogP contribution in [0.25, 0.3) is 0 Å². The van der Waals surface area contributed by atoms with Gasteiger partial charge in [-0.3, -0.25) is 0 Å². The third-order valence-corrected chi connectivity index (χ3v) is 4.44. The summed E-state index contributed by atoms with van der Waals surface area (Å²) in [5.41, 5.74) is 10.3. The van der Waals surface area contributed by atoms with E-state index >= 15 is 0 Å². The lowest BCUT2D eigenvalue weighted by Crippen LogP contribution is -2.14. The van der Waals surface area contributed by atoms with Gasteiger partial charge in [-0.2, -0.15) is 0 Å². The SMILES string of the molecule is NCC1c2ccccc2CCc2sccc21. The van der Waals surface area contributed by atoms with Gasteiger partial charge in [-0.1, -0.05) is 24.3 Å². The van der Waals surface area contributed by atoms with Gasteiger partial charge in [-0.15, -0.1) is 11.3 Å². The van der Waals surface area contributed by atoms with Crippen molar-refractivity contribution in [2.75, 3.05) is 6.54 Å². The lowest BCUT2D eigenvalue weighted by molar-refractivity contribution is 0.817. The number of fused-ring (bicyclic) bond motifs is 2. The van der Waals surface area contributed by atoms with E-state index in [0.717, 1.165) is 6.42 Å². The fourth-order valence-electron chi connectivity index (χ4n) is 2.64. The van der Waals surface area contributed by atoms with Crippen molar-refractivity contribution in [3.05, 3.63) is 57.3 Å². The summed E-state index contributed by atoms with van der Waals surface area (Å²) in [7, 11) is 0. The topological polar surface area (TPSA) is 26.0 Å². The Morgan fingerprint density at radius 2 is 2.00 bits per heavy atom. The number of hydrogen-bond donors (Lipinski definition) is 1. The zero-order valence-corrected chi connectivity index (χ0v) is 9.96. The number of thiophene rings is 1. The van der Waals surface area contributed by atoms with Crippen molar-refractivity contribution >= 4 is 11.3 Å². The maximum atomic E-state index is 5.97. The van der Waals surface area contributed by atoms with Crippen molar-refractivity contribution in [1.82, 2.24) is 0 Å². The quantitative estimate of drug-likeness (QED) is 0.799. The second-order valence-corrected chi connectivity index (χ2v) is 5.29. The average Bonchev–Trinajstić information content (AvgIpc) is 2.72. The molecule has 0 fully saturated rings. The van der Waals surface area contributed by atoms with Crippen LogP contribution < -0.4 is 5.73 Å². The molecule has 82 valence electrons. The van der Waals surface area contributed by atoms with Crippen LogP contribution >= 0.6 is 11.3 Å². The van der Waals surface area contributed by atoms with Crippen LogP contribution in [-0.2, 0) is 12.8 Å². The van der Waals surface area contributed by atoms with Gasteiger partial charge >= 0.3 is 0 Å². The maximum absolute atomic E-state index is 5.97. The smallest absolute Gasteiger partial charge is 0.0226 e.